The second-order valence-electron chi connectivity index (χ2n) is 6.71. The molecule has 26 heavy (non-hydrogen) atoms. The molecule has 1 aromatic carbocycles. The highest BCUT2D eigenvalue weighted by Gasteiger charge is 2.21. The number of benzene rings is 1. The standard InChI is InChI=1S/C19H24Br2N4O/c1-14-19(21)15(2)25(22-14)8-7-18(26)24-11-9-23(10-12-24)13-16-5-3-4-6-17(16)20/h3-6H,7-13H2,1-2H3. The van der Waals surface area contributed by atoms with Gasteiger partial charge in [-0.2, -0.15) is 5.10 Å². The minimum Gasteiger partial charge on any atom is -0.340 e. The number of carbonyl (C=O) groups excluding carboxylic acids is 1. The fourth-order valence-corrected chi connectivity index (χ4v) is 3.97. The Morgan fingerprint density at radius 2 is 1.81 bits per heavy atom. The predicted molar refractivity (Wildman–Crippen MR) is 110 cm³/mol. The minimum absolute atomic E-state index is 0.217. The first-order valence-electron chi connectivity index (χ1n) is 8.88. The average molecular weight is 484 g/mol. The smallest absolute Gasteiger partial charge is 0.224 e. The number of carbonyl (C=O) groups is 1. The number of hydrogen-bond donors (Lipinski definition) is 0. The van der Waals surface area contributed by atoms with Gasteiger partial charge in [-0.15, -0.1) is 0 Å². The summed E-state index contributed by atoms with van der Waals surface area (Å²) >= 11 is 7.15. The third-order valence-corrected chi connectivity index (χ3v) is 6.83. The molecule has 0 spiro atoms. The molecule has 7 heteroatoms. The highest BCUT2D eigenvalue weighted by Crippen LogP contribution is 2.21. The van der Waals surface area contributed by atoms with Crippen molar-refractivity contribution in [2.24, 2.45) is 0 Å². The first-order valence-corrected chi connectivity index (χ1v) is 10.5. The molecule has 3 rings (SSSR count). The second kappa shape index (κ2) is 8.67. The summed E-state index contributed by atoms with van der Waals surface area (Å²) in [6.45, 7) is 8.97. The molecule has 1 aliphatic heterocycles. The van der Waals surface area contributed by atoms with Crippen LogP contribution in [0, 0.1) is 13.8 Å². The molecule has 0 unspecified atom stereocenters. The zero-order valence-electron chi connectivity index (χ0n) is 15.2. The molecular formula is C19H24Br2N4O. The molecule has 5 nitrogen and oxygen atoms in total. The van der Waals surface area contributed by atoms with Crippen molar-refractivity contribution >= 4 is 37.8 Å². The van der Waals surface area contributed by atoms with Crippen LogP contribution in [-0.4, -0.2) is 51.7 Å². The molecule has 2 aromatic rings. The van der Waals surface area contributed by atoms with E-state index in [2.05, 4.69) is 60.1 Å². The van der Waals surface area contributed by atoms with E-state index in [0.29, 0.717) is 13.0 Å². The molecule has 1 aliphatic rings. The van der Waals surface area contributed by atoms with Crippen LogP contribution in [0.2, 0.25) is 0 Å². The van der Waals surface area contributed by atoms with Gasteiger partial charge in [0, 0.05) is 49.3 Å². The van der Waals surface area contributed by atoms with Crippen LogP contribution in [0.25, 0.3) is 0 Å². The fourth-order valence-electron chi connectivity index (χ4n) is 3.28. The SMILES string of the molecule is Cc1nn(CCC(=O)N2CCN(Cc3ccccc3Br)CC2)c(C)c1Br. The number of halogens is 2. The third kappa shape index (κ3) is 4.56. The normalized spacial score (nSPS) is 15.5. The van der Waals surface area contributed by atoms with Crippen LogP contribution in [0.1, 0.15) is 23.4 Å². The van der Waals surface area contributed by atoms with Crippen LogP contribution in [-0.2, 0) is 17.9 Å². The van der Waals surface area contributed by atoms with E-state index in [9.17, 15) is 4.79 Å². The number of aromatic nitrogens is 2. The molecule has 1 fully saturated rings. The third-order valence-electron chi connectivity index (χ3n) is 4.91. The van der Waals surface area contributed by atoms with E-state index in [1.165, 1.54) is 5.56 Å². The molecule has 0 radical (unpaired) electrons. The Morgan fingerprint density at radius 3 is 2.42 bits per heavy atom. The van der Waals surface area contributed by atoms with Gasteiger partial charge in [-0.05, 0) is 41.4 Å². The molecule has 0 bridgehead atoms. The van der Waals surface area contributed by atoms with Crippen molar-refractivity contribution in [3.8, 4) is 0 Å². The summed E-state index contributed by atoms with van der Waals surface area (Å²) < 4.78 is 4.10. The number of amides is 1. The monoisotopic (exact) mass is 482 g/mol. The van der Waals surface area contributed by atoms with Crippen molar-refractivity contribution in [1.82, 2.24) is 19.6 Å². The van der Waals surface area contributed by atoms with Gasteiger partial charge in [0.2, 0.25) is 5.91 Å². The van der Waals surface area contributed by atoms with Crippen LogP contribution in [0.3, 0.4) is 0 Å². The van der Waals surface area contributed by atoms with Crippen molar-refractivity contribution in [1.29, 1.82) is 0 Å². The quantitative estimate of drug-likeness (QED) is 0.650. The lowest BCUT2D eigenvalue weighted by Crippen LogP contribution is -2.48. The van der Waals surface area contributed by atoms with E-state index in [0.717, 1.165) is 53.1 Å². The van der Waals surface area contributed by atoms with E-state index in [1.807, 2.05) is 29.5 Å². The zero-order chi connectivity index (χ0) is 18.7. The van der Waals surface area contributed by atoms with E-state index >= 15 is 0 Å². The highest BCUT2D eigenvalue weighted by atomic mass is 79.9. The van der Waals surface area contributed by atoms with Gasteiger partial charge in [-0.25, -0.2) is 0 Å². The van der Waals surface area contributed by atoms with Crippen LogP contribution in [0.4, 0.5) is 0 Å². The van der Waals surface area contributed by atoms with Crippen molar-refractivity contribution in [3.63, 3.8) is 0 Å². The summed E-state index contributed by atoms with van der Waals surface area (Å²) in [5.41, 5.74) is 3.34. The Morgan fingerprint density at radius 1 is 1.12 bits per heavy atom. The molecule has 1 amide bonds. The minimum atomic E-state index is 0.217. The topological polar surface area (TPSA) is 41.4 Å². The van der Waals surface area contributed by atoms with Gasteiger partial charge < -0.3 is 4.90 Å². The Labute approximate surface area is 171 Å². The zero-order valence-corrected chi connectivity index (χ0v) is 18.4. The van der Waals surface area contributed by atoms with Gasteiger partial charge in [0.05, 0.1) is 16.7 Å². The first-order chi connectivity index (χ1) is 12.5. The molecule has 140 valence electrons. The second-order valence-corrected chi connectivity index (χ2v) is 8.35. The maximum absolute atomic E-state index is 12.5. The number of piperazine rings is 1. The molecule has 1 saturated heterocycles. The predicted octanol–water partition coefficient (Wildman–Crippen LogP) is 3.76. The maximum Gasteiger partial charge on any atom is 0.224 e. The highest BCUT2D eigenvalue weighted by molar-refractivity contribution is 9.10. The number of rotatable bonds is 5. The lowest BCUT2D eigenvalue weighted by molar-refractivity contribution is -0.133. The van der Waals surface area contributed by atoms with Crippen LogP contribution >= 0.6 is 31.9 Å². The van der Waals surface area contributed by atoms with Crippen molar-refractivity contribution < 1.29 is 4.79 Å². The van der Waals surface area contributed by atoms with Crippen molar-refractivity contribution in [2.75, 3.05) is 26.2 Å². The maximum atomic E-state index is 12.5. The van der Waals surface area contributed by atoms with Gasteiger partial charge in [-0.3, -0.25) is 14.4 Å². The fraction of sp³-hybridized carbons (Fsp3) is 0.474. The van der Waals surface area contributed by atoms with Crippen molar-refractivity contribution in [3.05, 3.63) is 50.2 Å². The number of hydrogen-bond acceptors (Lipinski definition) is 3. The Hall–Kier alpha value is -1.18. The number of aryl methyl sites for hydroxylation is 2. The van der Waals surface area contributed by atoms with E-state index in [-0.39, 0.29) is 5.91 Å². The Balaban J connectivity index is 1.47. The summed E-state index contributed by atoms with van der Waals surface area (Å²) in [7, 11) is 0. The summed E-state index contributed by atoms with van der Waals surface area (Å²) in [6, 6.07) is 8.32. The van der Waals surface area contributed by atoms with Crippen LogP contribution in [0.5, 0.6) is 0 Å². The summed E-state index contributed by atoms with van der Waals surface area (Å²) in [5.74, 6) is 0.217. The lowest BCUT2D eigenvalue weighted by Gasteiger charge is -2.35. The Bertz CT molecular complexity index is 782. The van der Waals surface area contributed by atoms with Gasteiger partial charge >= 0.3 is 0 Å². The van der Waals surface area contributed by atoms with Gasteiger partial charge in [-0.1, -0.05) is 34.1 Å². The first kappa shape index (κ1) is 19.6. The lowest BCUT2D eigenvalue weighted by atomic mass is 10.2. The molecule has 2 heterocycles. The summed E-state index contributed by atoms with van der Waals surface area (Å²) in [4.78, 5) is 16.9. The van der Waals surface area contributed by atoms with E-state index < -0.39 is 0 Å². The molecule has 1 aromatic heterocycles. The van der Waals surface area contributed by atoms with E-state index in [4.69, 9.17) is 0 Å². The molecule has 0 aliphatic carbocycles. The van der Waals surface area contributed by atoms with Gasteiger partial charge in [0.1, 0.15) is 0 Å². The van der Waals surface area contributed by atoms with E-state index in [1.54, 1.807) is 0 Å². The molecule has 0 N–H and O–H groups in total. The molecule has 0 atom stereocenters. The average Bonchev–Trinajstić information content (AvgIpc) is 2.89. The van der Waals surface area contributed by atoms with Crippen LogP contribution in [0.15, 0.2) is 33.2 Å². The summed E-state index contributed by atoms with van der Waals surface area (Å²) in [5, 5.41) is 4.48. The van der Waals surface area contributed by atoms with Crippen LogP contribution < -0.4 is 0 Å². The number of nitrogens with zero attached hydrogens (tertiary/aromatic N) is 4. The molecule has 0 saturated carbocycles. The largest absolute Gasteiger partial charge is 0.340 e. The van der Waals surface area contributed by atoms with Crippen molar-refractivity contribution in [2.45, 2.75) is 33.4 Å². The summed E-state index contributed by atoms with van der Waals surface area (Å²) in [6.07, 6.45) is 0.499. The Kier molecular flexibility index (Phi) is 6.53. The molecular weight excluding hydrogens is 460 g/mol. The van der Waals surface area contributed by atoms with Gasteiger partial charge in [0.15, 0.2) is 0 Å². The van der Waals surface area contributed by atoms with Gasteiger partial charge in [0.25, 0.3) is 0 Å².